The van der Waals surface area contributed by atoms with Gasteiger partial charge in [-0.3, -0.25) is 14.9 Å². The van der Waals surface area contributed by atoms with Gasteiger partial charge in [-0.25, -0.2) is 14.5 Å². The van der Waals surface area contributed by atoms with Crippen molar-refractivity contribution in [1.82, 2.24) is 14.8 Å². The first-order valence-electron chi connectivity index (χ1n) is 8.60. The Morgan fingerprint density at radius 2 is 1.93 bits per heavy atom. The zero-order chi connectivity index (χ0) is 20.8. The Hall–Kier alpha value is -4.08. The number of carbonyl (C=O) groups is 2. The van der Waals surface area contributed by atoms with E-state index in [0.29, 0.717) is 6.54 Å². The molecule has 0 aliphatic carbocycles. The largest absolute Gasteiger partial charge is 0.449 e. The number of para-hydroxylation sites is 2. The van der Waals surface area contributed by atoms with Gasteiger partial charge in [-0.1, -0.05) is 24.3 Å². The summed E-state index contributed by atoms with van der Waals surface area (Å²) in [7, 11) is 0. The van der Waals surface area contributed by atoms with Crippen LogP contribution in [0.4, 0.5) is 11.4 Å². The van der Waals surface area contributed by atoms with E-state index in [1.54, 1.807) is 41.3 Å². The molecule has 29 heavy (non-hydrogen) atoms. The Bertz CT molecular complexity index is 1020. The molecule has 10 nitrogen and oxygen atoms in total. The maximum absolute atomic E-state index is 12.3. The Balaban J connectivity index is 1.60. The summed E-state index contributed by atoms with van der Waals surface area (Å²) in [5, 5.41) is 17.4. The number of rotatable bonds is 7. The summed E-state index contributed by atoms with van der Waals surface area (Å²) in [6.07, 6.45) is 1.87. The van der Waals surface area contributed by atoms with Crippen molar-refractivity contribution >= 4 is 23.3 Å². The molecule has 0 spiro atoms. The highest BCUT2D eigenvalue weighted by Crippen LogP contribution is 2.23. The molecule has 0 saturated heterocycles. The molecule has 1 atom stereocenters. The number of benzene rings is 2. The molecule has 0 saturated carbocycles. The highest BCUT2D eigenvalue weighted by Gasteiger charge is 2.22. The van der Waals surface area contributed by atoms with Crippen LogP contribution in [0.3, 0.4) is 0 Å². The van der Waals surface area contributed by atoms with E-state index in [9.17, 15) is 19.7 Å². The number of amides is 1. The minimum Gasteiger partial charge on any atom is -0.449 e. The van der Waals surface area contributed by atoms with Gasteiger partial charge in [0.05, 0.1) is 17.0 Å². The third kappa shape index (κ3) is 5.01. The first-order valence-corrected chi connectivity index (χ1v) is 8.60. The Kier molecular flexibility index (Phi) is 5.93. The number of aromatic nitrogens is 3. The number of nitro groups is 1. The van der Waals surface area contributed by atoms with Crippen molar-refractivity contribution in [3.8, 4) is 0 Å². The van der Waals surface area contributed by atoms with Crippen molar-refractivity contribution in [3.63, 3.8) is 0 Å². The summed E-state index contributed by atoms with van der Waals surface area (Å²) in [6.45, 7) is 1.89. The van der Waals surface area contributed by atoms with E-state index in [2.05, 4.69) is 15.4 Å². The fourth-order valence-electron chi connectivity index (χ4n) is 2.50. The highest BCUT2D eigenvalue weighted by molar-refractivity contribution is 5.98. The Labute approximate surface area is 165 Å². The SMILES string of the molecule is CC(OC(=O)c1ccc(Cn2cncn2)cc1)C(=O)Nc1ccccc1[N+](=O)[O-]. The van der Waals surface area contributed by atoms with Crippen molar-refractivity contribution in [1.29, 1.82) is 0 Å². The van der Waals surface area contributed by atoms with Gasteiger partial charge in [-0.15, -0.1) is 0 Å². The second-order valence-electron chi connectivity index (χ2n) is 6.10. The molecule has 1 amide bonds. The standard InChI is InChI=1S/C19H17N5O5/c1-13(18(25)22-16-4-2-3-5-17(16)24(27)28)29-19(26)15-8-6-14(7-9-15)10-23-12-20-11-21-23/h2-9,11-13H,10H2,1H3,(H,22,25). The van der Waals surface area contributed by atoms with Gasteiger partial charge in [-0.05, 0) is 30.7 Å². The number of esters is 1. The number of ether oxygens (including phenoxy) is 1. The Morgan fingerprint density at radius 3 is 2.59 bits per heavy atom. The topological polar surface area (TPSA) is 129 Å². The van der Waals surface area contributed by atoms with E-state index >= 15 is 0 Å². The molecule has 0 aliphatic rings. The second-order valence-corrected chi connectivity index (χ2v) is 6.10. The number of carbonyl (C=O) groups excluding carboxylic acids is 2. The monoisotopic (exact) mass is 395 g/mol. The van der Waals surface area contributed by atoms with E-state index in [1.807, 2.05) is 0 Å². The van der Waals surface area contributed by atoms with Crippen molar-refractivity contribution < 1.29 is 19.2 Å². The summed E-state index contributed by atoms with van der Waals surface area (Å²) in [5.41, 5.74) is 0.970. The number of hydrogen-bond acceptors (Lipinski definition) is 7. The smallest absolute Gasteiger partial charge is 0.338 e. The molecule has 0 bridgehead atoms. The van der Waals surface area contributed by atoms with Gasteiger partial charge in [0.15, 0.2) is 6.10 Å². The van der Waals surface area contributed by atoms with Crippen LogP contribution < -0.4 is 5.32 Å². The average Bonchev–Trinajstić information content (AvgIpc) is 3.21. The number of nitrogens with zero attached hydrogens (tertiary/aromatic N) is 4. The number of nitrogens with one attached hydrogen (secondary N) is 1. The van der Waals surface area contributed by atoms with Gasteiger partial charge in [0, 0.05) is 6.07 Å². The zero-order valence-electron chi connectivity index (χ0n) is 15.4. The zero-order valence-corrected chi connectivity index (χ0v) is 15.4. The van der Waals surface area contributed by atoms with Gasteiger partial charge >= 0.3 is 5.97 Å². The normalized spacial score (nSPS) is 11.5. The first kappa shape index (κ1) is 19.7. The van der Waals surface area contributed by atoms with Crippen LogP contribution in [0.2, 0.25) is 0 Å². The minimum absolute atomic E-state index is 0.0304. The molecule has 0 radical (unpaired) electrons. The molecular formula is C19H17N5O5. The van der Waals surface area contributed by atoms with Crippen molar-refractivity contribution in [2.24, 2.45) is 0 Å². The lowest BCUT2D eigenvalue weighted by molar-refractivity contribution is -0.383. The van der Waals surface area contributed by atoms with Crippen LogP contribution in [0.5, 0.6) is 0 Å². The lowest BCUT2D eigenvalue weighted by atomic mass is 10.1. The molecule has 2 aromatic carbocycles. The van der Waals surface area contributed by atoms with Gasteiger partial charge in [0.1, 0.15) is 18.3 Å². The third-order valence-electron chi connectivity index (χ3n) is 4.01. The lowest BCUT2D eigenvalue weighted by Crippen LogP contribution is -2.30. The molecule has 1 heterocycles. The molecule has 1 N–H and O–H groups in total. The molecule has 0 aliphatic heterocycles. The summed E-state index contributed by atoms with van der Waals surface area (Å²) in [6, 6.07) is 12.4. The van der Waals surface area contributed by atoms with Crippen LogP contribution in [0, 0.1) is 10.1 Å². The minimum atomic E-state index is -1.14. The van der Waals surface area contributed by atoms with Crippen LogP contribution in [0.25, 0.3) is 0 Å². The number of nitro benzene ring substituents is 1. The number of anilines is 1. The summed E-state index contributed by atoms with van der Waals surface area (Å²) in [4.78, 5) is 38.8. The van der Waals surface area contributed by atoms with Crippen molar-refractivity contribution in [3.05, 3.63) is 82.4 Å². The molecule has 0 fully saturated rings. The van der Waals surface area contributed by atoms with E-state index in [1.165, 1.54) is 31.5 Å². The molecule has 3 rings (SSSR count). The van der Waals surface area contributed by atoms with Gasteiger partial charge in [0.25, 0.3) is 11.6 Å². The number of hydrogen-bond donors (Lipinski definition) is 1. The quantitative estimate of drug-likeness (QED) is 0.369. The van der Waals surface area contributed by atoms with Crippen molar-refractivity contribution in [2.45, 2.75) is 19.6 Å². The molecule has 1 unspecified atom stereocenters. The summed E-state index contributed by atoms with van der Waals surface area (Å²) < 4.78 is 6.81. The maximum atomic E-state index is 12.3. The molecular weight excluding hydrogens is 378 g/mol. The first-order chi connectivity index (χ1) is 13.9. The van der Waals surface area contributed by atoms with E-state index in [4.69, 9.17) is 4.74 Å². The third-order valence-corrected chi connectivity index (χ3v) is 4.01. The van der Waals surface area contributed by atoms with Gasteiger partial charge < -0.3 is 10.1 Å². The highest BCUT2D eigenvalue weighted by atomic mass is 16.6. The van der Waals surface area contributed by atoms with Gasteiger partial charge in [0.2, 0.25) is 0 Å². The van der Waals surface area contributed by atoms with Crippen LogP contribution in [0.15, 0.2) is 61.2 Å². The predicted octanol–water partition coefficient (Wildman–Crippen LogP) is 2.42. The molecule has 1 aromatic heterocycles. The Morgan fingerprint density at radius 1 is 1.21 bits per heavy atom. The lowest BCUT2D eigenvalue weighted by Gasteiger charge is -2.14. The van der Waals surface area contributed by atoms with Crippen molar-refractivity contribution in [2.75, 3.05) is 5.32 Å². The summed E-state index contributed by atoms with van der Waals surface area (Å²) in [5.74, 6) is -1.35. The molecule has 10 heteroatoms. The van der Waals surface area contributed by atoms with Crippen LogP contribution in [-0.2, 0) is 16.1 Å². The molecule has 3 aromatic rings. The average molecular weight is 395 g/mol. The van der Waals surface area contributed by atoms with Crippen LogP contribution >= 0.6 is 0 Å². The van der Waals surface area contributed by atoms with E-state index in [-0.39, 0.29) is 16.9 Å². The molecule has 148 valence electrons. The van der Waals surface area contributed by atoms with Gasteiger partial charge in [-0.2, -0.15) is 5.10 Å². The fraction of sp³-hybridized carbons (Fsp3) is 0.158. The summed E-state index contributed by atoms with van der Waals surface area (Å²) >= 11 is 0. The van der Waals surface area contributed by atoms with Crippen LogP contribution in [0.1, 0.15) is 22.8 Å². The van der Waals surface area contributed by atoms with E-state index in [0.717, 1.165) is 5.56 Å². The van der Waals surface area contributed by atoms with Crippen LogP contribution in [-0.4, -0.2) is 37.7 Å². The predicted molar refractivity (Wildman–Crippen MR) is 102 cm³/mol. The second kappa shape index (κ2) is 8.74. The maximum Gasteiger partial charge on any atom is 0.338 e. The van der Waals surface area contributed by atoms with E-state index < -0.39 is 22.9 Å². The fourth-order valence-corrected chi connectivity index (χ4v) is 2.50.